The Balaban J connectivity index is 2.47. The standard InChI is InChI=1S/C12H25NO2/c1-3-4-11(2)13-12(5-8-14)6-9-15-10-7-12/h11,13-14H,3-10H2,1-2H3/t11-/m0/s1. The Kier molecular flexibility index (Phi) is 5.58. The minimum Gasteiger partial charge on any atom is -0.396 e. The first-order valence-corrected chi connectivity index (χ1v) is 6.19. The summed E-state index contributed by atoms with van der Waals surface area (Å²) in [5.74, 6) is 0. The second-order valence-electron chi connectivity index (χ2n) is 4.70. The van der Waals surface area contributed by atoms with Gasteiger partial charge >= 0.3 is 0 Å². The summed E-state index contributed by atoms with van der Waals surface area (Å²) in [6, 6.07) is 0.541. The van der Waals surface area contributed by atoms with Gasteiger partial charge in [0.1, 0.15) is 0 Å². The zero-order valence-electron chi connectivity index (χ0n) is 10.1. The summed E-state index contributed by atoms with van der Waals surface area (Å²) in [6.45, 7) is 6.36. The lowest BCUT2D eigenvalue weighted by Crippen LogP contribution is -2.53. The molecule has 3 heteroatoms. The van der Waals surface area contributed by atoms with E-state index in [1.807, 2.05) is 0 Å². The number of rotatable bonds is 6. The van der Waals surface area contributed by atoms with E-state index in [1.54, 1.807) is 0 Å². The van der Waals surface area contributed by atoms with Gasteiger partial charge in [0.05, 0.1) is 0 Å². The lowest BCUT2D eigenvalue weighted by Gasteiger charge is -2.40. The Labute approximate surface area is 93.2 Å². The van der Waals surface area contributed by atoms with Crippen LogP contribution in [0.5, 0.6) is 0 Å². The van der Waals surface area contributed by atoms with E-state index >= 15 is 0 Å². The first-order valence-electron chi connectivity index (χ1n) is 6.19. The molecule has 0 bridgehead atoms. The summed E-state index contributed by atoms with van der Waals surface area (Å²) in [5.41, 5.74) is 0.127. The summed E-state index contributed by atoms with van der Waals surface area (Å²) < 4.78 is 5.39. The summed E-state index contributed by atoms with van der Waals surface area (Å²) in [5, 5.41) is 12.8. The fraction of sp³-hybridized carbons (Fsp3) is 1.00. The van der Waals surface area contributed by atoms with Crippen molar-refractivity contribution in [2.24, 2.45) is 0 Å². The number of hydrogen-bond donors (Lipinski definition) is 2. The van der Waals surface area contributed by atoms with Gasteiger partial charge in [-0.25, -0.2) is 0 Å². The molecular weight excluding hydrogens is 190 g/mol. The summed E-state index contributed by atoms with van der Waals surface area (Å²) in [6.07, 6.45) is 5.32. The highest BCUT2D eigenvalue weighted by Gasteiger charge is 2.32. The predicted octanol–water partition coefficient (Wildman–Crippen LogP) is 1.70. The minimum absolute atomic E-state index is 0.127. The van der Waals surface area contributed by atoms with Crippen LogP contribution >= 0.6 is 0 Å². The van der Waals surface area contributed by atoms with Crippen LogP contribution in [0.2, 0.25) is 0 Å². The second kappa shape index (κ2) is 6.46. The molecule has 1 saturated heterocycles. The van der Waals surface area contributed by atoms with Gasteiger partial charge in [-0.1, -0.05) is 13.3 Å². The van der Waals surface area contributed by atoms with Crippen LogP contribution in [0.15, 0.2) is 0 Å². The van der Waals surface area contributed by atoms with Gasteiger partial charge in [-0.3, -0.25) is 0 Å². The van der Waals surface area contributed by atoms with Crippen LogP contribution in [0.4, 0.5) is 0 Å². The zero-order valence-corrected chi connectivity index (χ0v) is 10.1. The first-order chi connectivity index (χ1) is 7.22. The molecule has 3 nitrogen and oxygen atoms in total. The molecule has 0 amide bonds. The monoisotopic (exact) mass is 215 g/mol. The molecule has 1 atom stereocenters. The van der Waals surface area contributed by atoms with Crippen molar-refractivity contribution in [1.82, 2.24) is 5.32 Å². The molecule has 0 saturated carbocycles. The SMILES string of the molecule is CCC[C@H](C)NC1(CCO)CCOCC1. The molecule has 0 aliphatic carbocycles. The molecule has 0 unspecified atom stereocenters. The summed E-state index contributed by atoms with van der Waals surface area (Å²) in [4.78, 5) is 0. The number of ether oxygens (including phenoxy) is 1. The Morgan fingerprint density at radius 3 is 2.60 bits per heavy atom. The van der Waals surface area contributed by atoms with Crippen LogP contribution in [-0.4, -0.2) is 36.5 Å². The third-order valence-electron chi connectivity index (χ3n) is 3.31. The molecule has 1 aliphatic heterocycles. The highest BCUT2D eigenvalue weighted by atomic mass is 16.5. The van der Waals surface area contributed by atoms with Crippen LogP contribution < -0.4 is 5.32 Å². The van der Waals surface area contributed by atoms with E-state index in [9.17, 15) is 0 Å². The Bertz CT molecular complexity index is 161. The normalized spacial score (nSPS) is 22.6. The van der Waals surface area contributed by atoms with E-state index in [4.69, 9.17) is 9.84 Å². The van der Waals surface area contributed by atoms with Crippen LogP contribution in [-0.2, 0) is 4.74 Å². The molecule has 0 aromatic carbocycles. The van der Waals surface area contributed by atoms with Crippen molar-refractivity contribution in [2.75, 3.05) is 19.8 Å². The molecule has 1 heterocycles. The van der Waals surface area contributed by atoms with Crippen LogP contribution in [0.25, 0.3) is 0 Å². The van der Waals surface area contributed by atoms with Crippen molar-refractivity contribution < 1.29 is 9.84 Å². The molecule has 90 valence electrons. The summed E-state index contributed by atoms with van der Waals surface area (Å²) in [7, 11) is 0. The van der Waals surface area contributed by atoms with E-state index in [0.29, 0.717) is 6.04 Å². The minimum atomic E-state index is 0.127. The molecule has 1 rings (SSSR count). The van der Waals surface area contributed by atoms with Crippen LogP contribution in [0.1, 0.15) is 46.0 Å². The van der Waals surface area contributed by atoms with E-state index in [1.165, 1.54) is 12.8 Å². The molecule has 0 spiro atoms. The van der Waals surface area contributed by atoms with Gasteiger partial charge in [0, 0.05) is 31.4 Å². The highest BCUT2D eigenvalue weighted by molar-refractivity contribution is 4.91. The number of aliphatic hydroxyl groups is 1. The third-order valence-corrected chi connectivity index (χ3v) is 3.31. The molecule has 0 radical (unpaired) electrons. The van der Waals surface area contributed by atoms with Gasteiger partial charge in [0.25, 0.3) is 0 Å². The maximum Gasteiger partial charge on any atom is 0.0483 e. The van der Waals surface area contributed by atoms with Gasteiger partial charge in [-0.15, -0.1) is 0 Å². The van der Waals surface area contributed by atoms with Gasteiger partial charge in [-0.05, 0) is 32.6 Å². The Morgan fingerprint density at radius 2 is 2.07 bits per heavy atom. The highest BCUT2D eigenvalue weighted by Crippen LogP contribution is 2.25. The largest absolute Gasteiger partial charge is 0.396 e. The number of aliphatic hydroxyl groups excluding tert-OH is 1. The molecule has 1 fully saturated rings. The Morgan fingerprint density at radius 1 is 1.40 bits per heavy atom. The van der Waals surface area contributed by atoms with Gasteiger partial charge in [-0.2, -0.15) is 0 Å². The molecule has 1 aliphatic rings. The van der Waals surface area contributed by atoms with E-state index in [-0.39, 0.29) is 12.1 Å². The van der Waals surface area contributed by atoms with Crippen LogP contribution in [0, 0.1) is 0 Å². The summed E-state index contributed by atoms with van der Waals surface area (Å²) >= 11 is 0. The Hall–Kier alpha value is -0.120. The van der Waals surface area contributed by atoms with E-state index in [0.717, 1.165) is 32.5 Å². The van der Waals surface area contributed by atoms with Crippen molar-refractivity contribution in [3.8, 4) is 0 Å². The van der Waals surface area contributed by atoms with E-state index in [2.05, 4.69) is 19.2 Å². The predicted molar refractivity (Wildman–Crippen MR) is 62.0 cm³/mol. The molecular formula is C12H25NO2. The van der Waals surface area contributed by atoms with Gasteiger partial charge in [0.2, 0.25) is 0 Å². The molecule has 0 aromatic rings. The average molecular weight is 215 g/mol. The zero-order chi connectivity index (χ0) is 11.1. The van der Waals surface area contributed by atoms with E-state index < -0.39 is 0 Å². The molecule has 15 heavy (non-hydrogen) atoms. The number of hydrogen-bond acceptors (Lipinski definition) is 3. The fourth-order valence-corrected chi connectivity index (χ4v) is 2.47. The third kappa shape index (κ3) is 4.09. The topological polar surface area (TPSA) is 41.5 Å². The molecule has 2 N–H and O–H groups in total. The van der Waals surface area contributed by atoms with Crippen molar-refractivity contribution in [3.63, 3.8) is 0 Å². The average Bonchev–Trinajstić information content (AvgIpc) is 2.19. The van der Waals surface area contributed by atoms with Crippen molar-refractivity contribution in [1.29, 1.82) is 0 Å². The number of nitrogens with one attached hydrogen (secondary N) is 1. The maximum absolute atomic E-state index is 9.15. The lowest BCUT2D eigenvalue weighted by atomic mass is 9.86. The van der Waals surface area contributed by atoms with Crippen molar-refractivity contribution in [2.45, 2.75) is 57.5 Å². The maximum atomic E-state index is 9.15. The van der Waals surface area contributed by atoms with Crippen LogP contribution in [0.3, 0.4) is 0 Å². The first kappa shape index (κ1) is 12.9. The smallest absolute Gasteiger partial charge is 0.0483 e. The van der Waals surface area contributed by atoms with Crippen molar-refractivity contribution in [3.05, 3.63) is 0 Å². The molecule has 0 aromatic heterocycles. The quantitative estimate of drug-likeness (QED) is 0.708. The lowest BCUT2D eigenvalue weighted by molar-refractivity contribution is 0.0228. The van der Waals surface area contributed by atoms with Gasteiger partial charge in [0.15, 0.2) is 0 Å². The van der Waals surface area contributed by atoms with Crippen molar-refractivity contribution >= 4 is 0 Å². The fourth-order valence-electron chi connectivity index (χ4n) is 2.47. The van der Waals surface area contributed by atoms with Gasteiger partial charge < -0.3 is 15.2 Å². The second-order valence-corrected chi connectivity index (χ2v) is 4.70.